The molecule has 3 rings (SSSR count). The third-order valence-corrected chi connectivity index (χ3v) is 5.18. The molecular weight excluding hydrogens is 283 g/mol. The molecule has 0 bridgehead atoms. The summed E-state index contributed by atoms with van der Waals surface area (Å²) in [6.07, 6.45) is 4.06. The van der Waals surface area contributed by atoms with Crippen molar-refractivity contribution in [3.8, 4) is 0 Å². The summed E-state index contributed by atoms with van der Waals surface area (Å²) >= 11 is 0. The Labute approximate surface area is 130 Å². The van der Waals surface area contributed by atoms with Gasteiger partial charge in [0.25, 0.3) is 0 Å². The van der Waals surface area contributed by atoms with Gasteiger partial charge in [0, 0.05) is 37.6 Å². The van der Waals surface area contributed by atoms with Crippen LogP contribution in [0, 0.1) is 11.7 Å². The zero-order valence-corrected chi connectivity index (χ0v) is 12.7. The van der Waals surface area contributed by atoms with Gasteiger partial charge >= 0.3 is 6.03 Å². The SMILES string of the molecule is O=C(NCC1(c2ccc(F)cc2)CCC1)N1CCC(CO)C1. The van der Waals surface area contributed by atoms with Crippen LogP contribution < -0.4 is 5.32 Å². The number of aliphatic hydroxyl groups excluding tert-OH is 1. The van der Waals surface area contributed by atoms with Gasteiger partial charge in [-0.3, -0.25) is 0 Å². The van der Waals surface area contributed by atoms with E-state index < -0.39 is 0 Å². The van der Waals surface area contributed by atoms with Crippen LogP contribution in [0.2, 0.25) is 0 Å². The monoisotopic (exact) mass is 306 g/mol. The number of rotatable bonds is 4. The molecule has 1 aliphatic carbocycles. The molecule has 2 N–H and O–H groups in total. The number of carbonyl (C=O) groups is 1. The zero-order valence-electron chi connectivity index (χ0n) is 12.7. The summed E-state index contributed by atoms with van der Waals surface area (Å²) in [6.45, 7) is 2.08. The molecule has 2 amide bonds. The van der Waals surface area contributed by atoms with E-state index in [1.807, 2.05) is 12.1 Å². The highest BCUT2D eigenvalue weighted by atomic mass is 19.1. The van der Waals surface area contributed by atoms with Crippen molar-refractivity contribution in [1.29, 1.82) is 0 Å². The molecule has 0 radical (unpaired) electrons. The van der Waals surface area contributed by atoms with E-state index in [9.17, 15) is 9.18 Å². The van der Waals surface area contributed by atoms with Crippen molar-refractivity contribution >= 4 is 6.03 Å². The maximum atomic E-state index is 13.1. The lowest BCUT2D eigenvalue weighted by Crippen LogP contribution is -2.49. The van der Waals surface area contributed by atoms with E-state index in [1.165, 1.54) is 12.1 Å². The van der Waals surface area contributed by atoms with Crippen molar-refractivity contribution in [3.05, 3.63) is 35.6 Å². The van der Waals surface area contributed by atoms with E-state index in [1.54, 1.807) is 4.90 Å². The zero-order chi connectivity index (χ0) is 15.6. The number of hydrogen-bond donors (Lipinski definition) is 2. The number of halogens is 1. The molecule has 1 unspecified atom stereocenters. The minimum absolute atomic E-state index is 0.0422. The third kappa shape index (κ3) is 2.95. The van der Waals surface area contributed by atoms with E-state index in [-0.39, 0.29) is 29.8 Å². The molecule has 120 valence electrons. The van der Waals surface area contributed by atoms with Crippen molar-refractivity contribution in [3.63, 3.8) is 0 Å². The summed E-state index contributed by atoms with van der Waals surface area (Å²) in [6, 6.07) is 6.59. The van der Waals surface area contributed by atoms with Gasteiger partial charge in [0.2, 0.25) is 0 Å². The number of benzene rings is 1. The number of amides is 2. The summed E-state index contributed by atoms with van der Waals surface area (Å²) < 4.78 is 13.1. The lowest BCUT2D eigenvalue weighted by Gasteiger charge is -2.43. The Kier molecular flexibility index (Phi) is 4.34. The Bertz CT molecular complexity index is 528. The van der Waals surface area contributed by atoms with Crippen LogP contribution >= 0.6 is 0 Å². The number of carbonyl (C=O) groups excluding carboxylic acids is 1. The van der Waals surface area contributed by atoms with Gasteiger partial charge in [-0.05, 0) is 37.0 Å². The molecule has 1 aromatic rings. The van der Waals surface area contributed by atoms with Crippen LogP contribution in [0.15, 0.2) is 24.3 Å². The van der Waals surface area contributed by atoms with Gasteiger partial charge < -0.3 is 15.3 Å². The fraction of sp³-hybridized carbons (Fsp3) is 0.588. The average molecular weight is 306 g/mol. The highest BCUT2D eigenvalue weighted by Crippen LogP contribution is 2.43. The van der Waals surface area contributed by atoms with Gasteiger partial charge in [0.15, 0.2) is 0 Å². The molecule has 1 saturated carbocycles. The van der Waals surface area contributed by atoms with E-state index in [0.717, 1.165) is 31.2 Å². The Morgan fingerprint density at radius 3 is 2.64 bits per heavy atom. The van der Waals surface area contributed by atoms with Crippen molar-refractivity contribution in [2.75, 3.05) is 26.2 Å². The van der Waals surface area contributed by atoms with Crippen LogP contribution in [0.25, 0.3) is 0 Å². The second kappa shape index (κ2) is 6.24. The minimum Gasteiger partial charge on any atom is -0.396 e. The van der Waals surface area contributed by atoms with E-state index in [0.29, 0.717) is 19.6 Å². The first-order valence-electron chi connectivity index (χ1n) is 8.03. The van der Waals surface area contributed by atoms with Gasteiger partial charge in [-0.25, -0.2) is 9.18 Å². The van der Waals surface area contributed by atoms with Crippen molar-refractivity contribution in [2.24, 2.45) is 5.92 Å². The van der Waals surface area contributed by atoms with Gasteiger partial charge in [-0.2, -0.15) is 0 Å². The molecule has 4 nitrogen and oxygen atoms in total. The van der Waals surface area contributed by atoms with Crippen LogP contribution in [0.1, 0.15) is 31.2 Å². The third-order valence-electron chi connectivity index (χ3n) is 5.18. The second-order valence-electron chi connectivity index (χ2n) is 6.58. The molecule has 1 aliphatic heterocycles. The van der Waals surface area contributed by atoms with Gasteiger partial charge in [0.05, 0.1) is 0 Å². The number of urea groups is 1. The number of nitrogens with zero attached hydrogens (tertiary/aromatic N) is 1. The van der Waals surface area contributed by atoms with Gasteiger partial charge in [-0.15, -0.1) is 0 Å². The maximum Gasteiger partial charge on any atom is 0.317 e. The molecule has 2 aliphatic rings. The summed E-state index contributed by atoms with van der Waals surface area (Å²) in [5, 5.41) is 12.2. The lowest BCUT2D eigenvalue weighted by atomic mass is 9.64. The number of nitrogens with one attached hydrogen (secondary N) is 1. The predicted octanol–water partition coefficient (Wildman–Crippen LogP) is 2.27. The van der Waals surface area contributed by atoms with Crippen LogP contribution in [0.3, 0.4) is 0 Å². The number of hydrogen-bond acceptors (Lipinski definition) is 2. The highest BCUT2D eigenvalue weighted by molar-refractivity contribution is 5.74. The molecule has 0 aromatic heterocycles. The first-order chi connectivity index (χ1) is 10.6. The molecule has 1 atom stereocenters. The van der Waals surface area contributed by atoms with Crippen LogP contribution in [0.5, 0.6) is 0 Å². The van der Waals surface area contributed by atoms with Crippen molar-refractivity contribution in [2.45, 2.75) is 31.1 Å². The maximum absolute atomic E-state index is 13.1. The Morgan fingerprint density at radius 2 is 2.09 bits per heavy atom. The van der Waals surface area contributed by atoms with Gasteiger partial charge in [-0.1, -0.05) is 18.6 Å². The molecule has 0 spiro atoms. The molecule has 1 saturated heterocycles. The van der Waals surface area contributed by atoms with Gasteiger partial charge in [0.1, 0.15) is 5.82 Å². The Morgan fingerprint density at radius 1 is 1.36 bits per heavy atom. The number of likely N-dealkylation sites (tertiary alicyclic amines) is 1. The largest absolute Gasteiger partial charge is 0.396 e. The highest BCUT2D eigenvalue weighted by Gasteiger charge is 2.39. The van der Waals surface area contributed by atoms with Crippen molar-refractivity contribution < 1.29 is 14.3 Å². The van der Waals surface area contributed by atoms with E-state index >= 15 is 0 Å². The fourth-order valence-corrected chi connectivity index (χ4v) is 3.50. The van der Waals surface area contributed by atoms with Crippen LogP contribution in [-0.2, 0) is 5.41 Å². The van der Waals surface area contributed by atoms with Crippen LogP contribution in [0.4, 0.5) is 9.18 Å². The Balaban J connectivity index is 1.59. The van der Waals surface area contributed by atoms with Crippen molar-refractivity contribution in [1.82, 2.24) is 10.2 Å². The minimum atomic E-state index is -0.227. The fourth-order valence-electron chi connectivity index (χ4n) is 3.50. The van der Waals surface area contributed by atoms with Crippen LogP contribution in [-0.4, -0.2) is 42.3 Å². The smallest absolute Gasteiger partial charge is 0.317 e. The number of aliphatic hydroxyl groups is 1. The van der Waals surface area contributed by atoms with E-state index in [2.05, 4.69) is 5.32 Å². The molecular formula is C17H23FN2O2. The predicted molar refractivity (Wildman–Crippen MR) is 82.1 cm³/mol. The Hall–Kier alpha value is -1.62. The summed E-state index contributed by atoms with van der Waals surface area (Å²) in [4.78, 5) is 14.0. The summed E-state index contributed by atoms with van der Waals surface area (Å²) in [5.41, 5.74) is 1.06. The standard InChI is InChI=1S/C17H23FN2O2/c18-15-4-2-14(3-5-15)17(7-1-8-17)12-19-16(22)20-9-6-13(10-20)11-21/h2-5,13,21H,1,6-12H2,(H,19,22). The second-order valence-corrected chi connectivity index (χ2v) is 6.58. The van der Waals surface area contributed by atoms with E-state index in [4.69, 9.17) is 5.11 Å². The topological polar surface area (TPSA) is 52.6 Å². The normalized spacial score (nSPS) is 23.2. The first-order valence-corrected chi connectivity index (χ1v) is 8.03. The average Bonchev–Trinajstić information content (AvgIpc) is 2.96. The molecule has 1 aromatic carbocycles. The lowest BCUT2D eigenvalue weighted by molar-refractivity contribution is 0.185. The molecule has 2 fully saturated rings. The molecule has 1 heterocycles. The first kappa shape index (κ1) is 15.3. The quantitative estimate of drug-likeness (QED) is 0.896. The summed E-state index contributed by atoms with van der Waals surface area (Å²) in [5.74, 6) is -0.0186. The molecule has 5 heteroatoms. The molecule has 22 heavy (non-hydrogen) atoms. The summed E-state index contributed by atoms with van der Waals surface area (Å²) in [7, 11) is 0.